The number of benzene rings is 2. The molecule has 0 bridgehead atoms. The van der Waals surface area contributed by atoms with Gasteiger partial charge in [-0.25, -0.2) is 0 Å². The van der Waals surface area contributed by atoms with Gasteiger partial charge < -0.3 is 5.11 Å². The number of nitrogens with zero attached hydrogens (tertiary/aromatic N) is 1. The highest BCUT2D eigenvalue weighted by molar-refractivity contribution is 9.09. The third-order valence-corrected chi connectivity index (χ3v) is 5.03. The van der Waals surface area contributed by atoms with Gasteiger partial charge in [0.25, 0.3) is 0 Å². The Balaban J connectivity index is 1.78. The van der Waals surface area contributed by atoms with Crippen molar-refractivity contribution in [1.29, 1.82) is 0 Å². The number of aliphatic hydroxyl groups is 1. The predicted molar refractivity (Wildman–Crippen MR) is 87.6 cm³/mol. The summed E-state index contributed by atoms with van der Waals surface area (Å²) >= 11 is 5.38. The first-order chi connectivity index (χ1) is 9.74. The Bertz CT molecular complexity index is 630. The van der Waals surface area contributed by atoms with E-state index in [0.29, 0.717) is 0 Å². The minimum absolute atomic E-state index is 0.0816. The van der Waals surface area contributed by atoms with Crippen LogP contribution in [0.5, 0.6) is 0 Å². The lowest BCUT2D eigenvalue weighted by Gasteiger charge is -2.20. The summed E-state index contributed by atoms with van der Waals surface area (Å²) in [7, 11) is 0. The van der Waals surface area contributed by atoms with Gasteiger partial charge in [-0.15, -0.1) is 11.8 Å². The molecule has 2 atom stereocenters. The average Bonchev–Trinajstić information content (AvgIpc) is 2.50. The number of hydrogen-bond donors (Lipinski definition) is 1. The van der Waals surface area contributed by atoms with Gasteiger partial charge in [-0.05, 0) is 23.3 Å². The van der Waals surface area contributed by atoms with Crippen molar-refractivity contribution in [3.8, 4) is 0 Å². The van der Waals surface area contributed by atoms with Crippen LogP contribution in [0, 0.1) is 0 Å². The first kappa shape index (κ1) is 13.9. The van der Waals surface area contributed by atoms with Gasteiger partial charge in [-0.3, -0.25) is 4.99 Å². The fourth-order valence-electron chi connectivity index (χ4n) is 2.18. The molecule has 1 heterocycles. The van der Waals surface area contributed by atoms with Gasteiger partial charge >= 0.3 is 0 Å². The predicted octanol–water partition coefficient (Wildman–Crippen LogP) is 4.49. The number of fused-ring (bicyclic) bond motifs is 1. The number of alkyl halides is 1. The molecule has 1 aliphatic rings. The first-order valence-corrected chi connectivity index (χ1v) is 8.30. The standard InChI is InChI=1S/C16H14BrNOS/c17-15-9-18-16(19)13-7-6-12(8-14(13)15)20-10-11-4-2-1-3-5-11/h1-9,15-16,19H,10H2. The van der Waals surface area contributed by atoms with E-state index in [1.54, 1.807) is 18.0 Å². The first-order valence-electron chi connectivity index (χ1n) is 6.40. The maximum atomic E-state index is 9.85. The Morgan fingerprint density at radius 3 is 2.70 bits per heavy atom. The van der Waals surface area contributed by atoms with Gasteiger partial charge in [-0.2, -0.15) is 0 Å². The van der Waals surface area contributed by atoms with E-state index < -0.39 is 6.23 Å². The number of aliphatic imine (C=N–C) groups is 1. The van der Waals surface area contributed by atoms with Crippen molar-refractivity contribution in [3.05, 3.63) is 65.2 Å². The highest BCUT2D eigenvalue weighted by atomic mass is 79.9. The molecule has 4 heteroatoms. The highest BCUT2D eigenvalue weighted by Gasteiger charge is 2.20. The van der Waals surface area contributed by atoms with Crippen molar-refractivity contribution >= 4 is 33.9 Å². The molecule has 1 N–H and O–H groups in total. The zero-order chi connectivity index (χ0) is 13.9. The van der Waals surface area contributed by atoms with Crippen molar-refractivity contribution < 1.29 is 5.11 Å². The molecule has 102 valence electrons. The van der Waals surface area contributed by atoms with E-state index in [0.717, 1.165) is 16.9 Å². The molecule has 0 aliphatic carbocycles. The highest BCUT2D eigenvalue weighted by Crippen LogP contribution is 2.36. The molecule has 1 aliphatic heterocycles. The maximum Gasteiger partial charge on any atom is 0.171 e. The van der Waals surface area contributed by atoms with Crippen LogP contribution in [0.4, 0.5) is 0 Å². The number of hydrogen-bond acceptors (Lipinski definition) is 3. The minimum atomic E-state index is -0.730. The summed E-state index contributed by atoms with van der Waals surface area (Å²) in [5, 5.41) is 9.85. The van der Waals surface area contributed by atoms with Crippen LogP contribution in [0.15, 0.2) is 58.4 Å². The SMILES string of the molecule is OC1N=CC(Br)c2cc(SCc3ccccc3)ccc21. The van der Waals surface area contributed by atoms with Crippen LogP contribution in [-0.4, -0.2) is 11.3 Å². The van der Waals surface area contributed by atoms with Crippen molar-refractivity contribution in [3.63, 3.8) is 0 Å². The molecular weight excluding hydrogens is 334 g/mol. The Kier molecular flexibility index (Phi) is 4.24. The summed E-state index contributed by atoms with van der Waals surface area (Å²) in [5.41, 5.74) is 3.30. The van der Waals surface area contributed by atoms with Crippen LogP contribution >= 0.6 is 27.7 Å². The average molecular weight is 348 g/mol. The molecule has 2 aromatic carbocycles. The summed E-state index contributed by atoms with van der Waals surface area (Å²) in [6.07, 6.45) is 1.02. The molecule has 2 nitrogen and oxygen atoms in total. The summed E-state index contributed by atoms with van der Waals surface area (Å²) in [6.45, 7) is 0. The molecule has 2 unspecified atom stereocenters. The Labute approximate surface area is 131 Å². The summed E-state index contributed by atoms with van der Waals surface area (Å²) < 4.78 is 0. The van der Waals surface area contributed by atoms with Crippen LogP contribution in [0.1, 0.15) is 27.7 Å². The van der Waals surface area contributed by atoms with Gasteiger partial charge in [0.1, 0.15) is 0 Å². The molecule has 20 heavy (non-hydrogen) atoms. The second-order valence-corrected chi connectivity index (χ2v) is 6.67. The van der Waals surface area contributed by atoms with Crippen molar-refractivity contribution in [2.24, 2.45) is 4.99 Å². The summed E-state index contributed by atoms with van der Waals surface area (Å²) in [6, 6.07) is 16.6. The minimum Gasteiger partial charge on any atom is -0.368 e. The van der Waals surface area contributed by atoms with E-state index in [2.05, 4.69) is 57.3 Å². The van der Waals surface area contributed by atoms with Gasteiger partial charge in [0.15, 0.2) is 6.23 Å². The maximum absolute atomic E-state index is 9.85. The number of aliphatic hydroxyl groups excluding tert-OH is 1. The Hall–Kier alpha value is -1.10. The van der Waals surface area contributed by atoms with E-state index >= 15 is 0 Å². The van der Waals surface area contributed by atoms with Gasteiger partial charge in [0.05, 0.1) is 4.83 Å². The fourth-order valence-corrected chi connectivity index (χ4v) is 3.61. The molecule has 0 saturated heterocycles. The second kappa shape index (κ2) is 6.12. The smallest absolute Gasteiger partial charge is 0.171 e. The lowest BCUT2D eigenvalue weighted by molar-refractivity contribution is 0.186. The summed E-state index contributed by atoms with van der Waals surface area (Å²) in [4.78, 5) is 5.34. The molecule has 0 aromatic heterocycles. The van der Waals surface area contributed by atoms with Crippen molar-refractivity contribution in [1.82, 2.24) is 0 Å². The van der Waals surface area contributed by atoms with Crippen LogP contribution in [0.3, 0.4) is 0 Å². The molecule has 3 rings (SSSR count). The lowest BCUT2D eigenvalue weighted by atomic mass is 10.0. The number of rotatable bonds is 3. The molecule has 0 radical (unpaired) electrons. The topological polar surface area (TPSA) is 32.6 Å². The molecule has 0 amide bonds. The van der Waals surface area contributed by atoms with Crippen LogP contribution < -0.4 is 0 Å². The number of thioether (sulfide) groups is 1. The van der Waals surface area contributed by atoms with E-state index in [1.807, 2.05) is 12.1 Å². The molecule has 0 fully saturated rings. The van der Waals surface area contributed by atoms with Gasteiger partial charge in [0.2, 0.25) is 0 Å². The molecular formula is C16H14BrNOS. The summed E-state index contributed by atoms with van der Waals surface area (Å²) in [5.74, 6) is 0.948. The monoisotopic (exact) mass is 347 g/mol. The zero-order valence-electron chi connectivity index (χ0n) is 10.7. The second-order valence-electron chi connectivity index (χ2n) is 4.64. The Morgan fingerprint density at radius 2 is 1.90 bits per heavy atom. The number of halogens is 1. The van der Waals surface area contributed by atoms with Crippen molar-refractivity contribution in [2.45, 2.75) is 21.7 Å². The lowest BCUT2D eigenvalue weighted by Crippen LogP contribution is -2.08. The van der Waals surface area contributed by atoms with Crippen LogP contribution in [-0.2, 0) is 5.75 Å². The largest absolute Gasteiger partial charge is 0.368 e. The zero-order valence-corrected chi connectivity index (χ0v) is 13.1. The van der Waals surface area contributed by atoms with Crippen LogP contribution in [0.25, 0.3) is 0 Å². The van der Waals surface area contributed by atoms with E-state index in [9.17, 15) is 5.11 Å². The molecule has 2 aromatic rings. The van der Waals surface area contributed by atoms with Gasteiger partial charge in [-0.1, -0.05) is 52.3 Å². The Morgan fingerprint density at radius 1 is 1.10 bits per heavy atom. The van der Waals surface area contributed by atoms with E-state index in [1.165, 1.54) is 10.5 Å². The van der Waals surface area contributed by atoms with E-state index in [4.69, 9.17) is 0 Å². The molecule has 0 spiro atoms. The van der Waals surface area contributed by atoms with Gasteiger partial charge in [0, 0.05) is 22.4 Å². The normalized spacial score (nSPS) is 20.7. The van der Waals surface area contributed by atoms with Crippen molar-refractivity contribution in [2.75, 3.05) is 0 Å². The quantitative estimate of drug-likeness (QED) is 0.655. The third kappa shape index (κ3) is 2.97. The molecule has 0 saturated carbocycles. The van der Waals surface area contributed by atoms with Crippen LogP contribution in [0.2, 0.25) is 0 Å². The fraction of sp³-hybridized carbons (Fsp3) is 0.188. The van der Waals surface area contributed by atoms with E-state index in [-0.39, 0.29) is 4.83 Å². The third-order valence-electron chi connectivity index (χ3n) is 3.24.